The molecule has 0 saturated heterocycles. The second-order valence-electron chi connectivity index (χ2n) is 5.99. The van der Waals surface area contributed by atoms with E-state index in [9.17, 15) is 13.2 Å². The van der Waals surface area contributed by atoms with E-state index in [1.807, 2.05) is 27.1 Å². The predicted molar refractivity (Wildman–Crippen MR) is 100 cm³/mol. The number of nitrogens with zero attached hydrogens (tertiary/aromatic N) is 5. The smallest absolute Gasteiger partial charge is 0.416 e. The summed E-state index contributed by atoms with van der Waals surface area (Å²) in [5, 5.41) is 13.4. The molecule has 150 valence electrons. The monoisotopic (exact) mass is 411 g/mol. The first-order valence-electron chi connectivity index (χ1n) is 8.72. The minimum Gasteiger partial charge on any atom is -0.476 e. The highest BCUT2D eigenvalue weighted by Gasteiger charge is 2.30. The van der Waals surface area contributed by atoms with E-state index in [1.165, 1.54) is 17.8 Å². The Bertz CT molecular complexity index is 951. The molecule has 3 rings (SSSR count). The zero-order valence-electron chi connectivity index (χ0n) is 15.7. The van der Waals surface area contributed by atoms with Crippen LogP contribution in [-0.4, -0.2) is 31.2 Å². The van der Waals surface area contributed by atoms with Crippen molar-refractivity contribution in [1.82, 2.24) is 24.5 Å². The molecule has 2 aromatic heterocycles. The molecule has 0 unspecified atom stereocenters. The molecule has 0 radical (unpaired) electrons. The number of halogens is 3. The highest BCUT2D eigenvalue weighted by atomic mass is 32.2. The molecular formula is C18H20F3N5OS. The third-order valence-corrected chi connectivity index (χ3v) is 5.12. The van der Waals surface area contributed by atoms with Gasteiger partial charge in [-0.05, 0) is 25.5 Å². The number of thioether (sulfide) groups is 1. The normalized spacial score (nSPS) is 11.8. The number of rotatable bonds is 7. The van der Waals surface area contributed by atoms with Crippen molar-refractivity contribution in [3.63, 3.8) is 0 Å². The van der Waals surface area contributed by atoms with Crippen LogP contribution in [0.5, 0.6) is 5.88 Å². The van der Waals surface area contributed by atoms with Crippen LogP contribution < -0.4 is 4.74 Å². The van der Waals surface area contributed by atoms with Gasteiger partial charge in [0.2, 0.25) is 5.88 Å². The molecule has 2 heterocycles. The molecule has 3 aromatic rings. The third kappa shape index (κ3) is 4.32. The van der Waals surface area contributed by atoms with Crippen molar-refractivity contribution < 1.29 is 17.9 Å². The van der Waals surface area contributed by atoms with E-state index in [2.05, 4.69) is 15.3 Å². The lowest BCUT2D eigenvalue weighted by molar-refractivity contribution is -0.137. The van der Waals surface area contributed by atoms with Gasteiger partial charge in [0.05, 0.1) is 12.2 Å². The number of aromatic nitrogens is 5. The molecule has 0 saturated carbocycles. The van der Waals surface area contributed by atoms with Crippen LogP contribution in [0.3, 0.4) is 0 Å². The summed E-state index contributed by atoms with van der Waals surface area (Å²) in [7, 11) is 1.81. The number of alkyl halides is 3. The first-order valence-corrected chi connectivity index (χ1v) is 9.71. The Morgan fingerprint density at radius 1 is 1.18 bits per heavy atom. The van der Waals surface area contributed by atoms with Crippen molar-refractivity contribution in [2.75, 3.05) is 6.61 Å². The van der Waals surface area contributed by atoms with Crippen molar-refractivity contribution in [2.45, 2.75) is 37.5 Å². The minimum atomic E-state index is -4.35. The van der Waals surface area contributed by atoms with Gasteiger partial charge in [0, 0.05) is 25.5 Å². The van der Waals surface area contributed by atoms with Crippen LogP contribution in [0.1, 0.15) is 25.0 Å². The van der Waals surface area contributed by atoms with Crippen molar-refractivity contribution in [3.8, 4) is 17.3 Å². The fourth-order valence-electron chi connectivity index (χ4n) is 2.62. The van der Waals surface area contributed by atoms with Gasteiger partial charge in [-0.3, -0.25) is 4.68 Å². The number of benzene rings is 1. The summed E-state index contributed by atoms with van der Waals surface area (Å²) >= 11 is 1.32. The van der Waals surface area contributed by atoms with Crippen LogP contribution in [0.25, 0.3) is 11.4 Å². The molecule has 0 aliphatic heterocycles. The van der Waals surface area contributed by atoms with Gasteiger partial charge in [0.25, 0.3) is 0 Å². The Kier molecular flexibility index (Phi) is 5.97. The maximum absolute atomic E-state index is 12.9. The van der Waals surface area contributed by atoms with Crippen molar-refractivity contribution >= 4 is 11.8 Å². The van der Waals surface area contributed by atoms with Gasteiger partial charge >= 0.3 is 6.18 Å². The van der Waals surface area contributed by atoms with Crippen LogP contribution in [0.15, 0.2) is 35.6 Å². The van der Waals surface area contributed by atoms with Crippen molar-refractivity contribution in [2.24, 2.45) is 7.05 Å². The Hall–Kier alpha value is -2.49. The average molecular weight is 411 g/mol. The fourth-order valence-corrected chi connectivity index (χ4v) is 3.48. The van der Waals surface area contributed by atoms with Crippen LogP contribution in [0, 0.1) is 0 Å². The summed E-state index contributed by atoms with van der Waals surface area (Å²) in [6, 6.07) is 5.30. The summed E-state index contributed by atoms with van der Waals surface area (Å²) in [5.41, 5.74) is 0.639. The summed E-state index contributed by atoms with van der Waals surface area (Å²) in [5.74, 6) is 1.42. The molecular weight excluding hydrogens is 391 g/mol. The van der Waals surface area contributed by atoms with E-state index < -0.39 is 11.7 Å². The molecule has 6 nitrogen and oxygen atoms in total. The molecule has 0 fully saturated rings. The summed E-state index contributed by atoms with van der Waals surface area (Å²) in [6.45, 7) is 5.01. The lowest BCUT2D eigenvalue weighted by atomic mass is 10.1. The number of hydrogen-bond acceptors (Lipinski definition) is 5. The van der Waals surface area contributed by atoms with Crippen LogP contribution in [-0.2, 0) is 25.5 Å². The zero-order chi connectivity index (χ0) is 20.3. The van der Waals surface area contributed by atoms with E-state index in [0.29, 0.717) is 41.3 Å². The van der Waals surface area contributed by atoms with Crippen LogP contribution in [0.2, 0.25) is 0 Å². The van der Waals surface area contributed by atoms with Gasteiger partial charge in [-0.1, -0.05) is 30.0 Å². The minimum absolute atomic E-state index is 0.350. The Morgan fingerprint density at radius 2 is 1.96 bits per heavy atom. The van der Waals surface area contributed by atoms with Gasteiger partial charge in [-0.25, -0.2) is 0 Å². The molecule has 0 aliphatic rings. The zero-order valence-corrected chi connectivity index (χ0v) is 16.5. The number of aryl methyl sites for hydroxylation is 1. The van der Waals surface area contributed by atoms with Crippen LogP contribution in [0.4, 0.5) is 13.2 Å². The van der Waals surface area contributed by atoms with E-state index in [0.717, 1.165) is 17.7 Å². The van der Waals surface area contributed by atoms with Gasteiger partial charge < -0.3 is 9.30 Å². The predicted octanol–water partition coefficient (Wildman–Crippen LogP) is 4.41. The van der Waals surface area contributed by atoms with Crippen LogP contribution >= 0.6 is 11.8 Å². The number of ether oxygens (including phenoxy) is 1. The lowest BCUT2D eigenvalue weighted by Crippen LogP contribution is -2.05. The standard InChI is InChI=1S/C18H20F3N5OS/c1-4-26-10-14(16(24-26)27-5-2)15-22-23-17(25(15)3)28-11-12-7-6-8-13(9-12)18(19,20)21/h6-10H,4-5,11H2,1-3H3. The molecule has 0 spiro atoms. The van der Waals surface area contributed by atoms with Crippen molar-refractivity contribution in [1.29, 1.82) is 0 Å². The van der Waals surface area contributed by atoms with E-state index in [1.54, 1.807) is 15.3 Å². The molecule has 10 heteroatoms. The molecule has 0 aliphatic carbocycles. The topological polar surface area (TPSA) is 57.8 Å². The second-order valence-corrected chi connectivity index (χ2v) is 6.93. The summed E-state index contributed by atoms with van der Waals surface area (Å²) < 4.78 is 47.7. The average Bonchev–Trinajstić information content (AvgIpc) is 3.23. The van der Waals surface area contributed by atoms with Crippen molar-refractivity contribution in [3.05, 3.63) is 41.6 Å². The SMILES string of the molecule is CCOc1nn(CC)cc1-c1nnc(SCc2cccc(C(F)(F)F)c2)n1C. The molecule has 0 N–H and O–H groups in total. The highest BCUT2D eigenvalue weighted by molar-refractivity contribution is 7.98. The summed E-state index contributed by atoms with van der Waals surface area (Å²) in [4.78, 5) is 0. The Labute approximate surface area is 164 Å². The molecule has 28 heavy (non-hydrogen) atoms. The summed E-state index contributed by atoms with van der Waals surface area (Å²) in [6.07, 6.45) is -2.51. The van der Waals surface area contributed by atoms with Gasteiger partial charge in [0.1, 0.15) is 5.56 Å². The third-order valence-electron chi connectivity index (χ3n) is 4.03. The molecule has 0 atom stereocenters. The van der Waals surface area contributed by atoms with E-state index in [-0.39, 0.29) is 0 Å². The molecule has 0 amide bonds. The Morgan fingerprint density at radius 3 is 2.64 bits per heavy atom. The second kappa shape index (κ2) is 8.26. The van der Waals surface area contributed by atoms with E-state index >= 15 is 0 Å². The Balaban J connectivity index is 1.80. The quantitative estimate of drug-likeness (QED) is 0.539. The first kappa shape index (κ1) is 20.2. The molecule has 1 aromatic carbocycles. The largest absolute Gasteiger partial charge is 0.476 e. The van der Waals surface area contributed by atoms with Gasteiger partial charge in [-0.15, -0.1) is 15.3 Å². The lowest BCUT2D eigenvalue weighted by Gasteiger charge is -2.08. The number of hydrogen-bond donors (Lipinski definition) is 0. The van der Waals surface area contributed by atoms with Gasteiger partial charge in [0.15, 0.2) is 11.0 Å². The van der Waals surface area contributed by atoms with E-state index in [4.69, 9.17) is 4.74 Å². The first-order chi connectivity index (χ1) is 13.3. The van der Waals surface area contributed by atoms with Gasteiger partial charge in [-0.2, -0.15) is 13.2 Å². The highest BCUT2D eigenvalue weighted by Crippen LogP contribution is 2.32. The molecule has 0 bridgehead atoms. The fraction of sp³-hybridized carbons (Fsp3) is 0.389. The maximum atomic E-state index is 12.9. The maximum Gasteiger partial charge on any atom is 0.416 e.